The zero-order valence-corrected chi connectivity index (χ0v) is 18.7. The van der Waals surface area contributed by atoms with E-state index in [1.807, 2.05) is 24.3 Å². The first kappa shape index (κ1) is 23.1. The van der Waals surface area contributed by atoms with Crippen LogP contribution in [0.1, 0.15) is 44.6 Å². The largest absolute Gasteiger partial charge is 0.399 e. The Morgan fingerprint density at radius 1 is 1.29 bits per heavy atom. The highest BCUT2D eigenvalue weighted by Gasteiger charge is 2.18. The van der Waals surface area contributed by atoms with Crippen LogP contribution in [0, 0.1) is 0 Å². The molecule has 0 unspecified atom stereocenters. The first-order valence-corrected chi connectivity index (χ1v) is 11.3. The van der Waals surface area contributed by atoms with E-state index in [2.05, 4.69) is 41.2 Å². The van der Waals surface area contributed by atoms with E-state index < -0.39 is 0 Å². The van der Waals surface area contributed by atoms with Gasteiger partial charge in [-0.3, -0.25) is 4.79 Å². The minimum absolute atomic E-state index is 0.0780. The Kier molecular flexibility index (Phi) is 8.74. The molecule has 1 aromatic carbocycles. The number of nitrogens with zero attached hydrogens (tertiary/aromatic N) is 1. The molecule has 2 fully saturated rings. The van der Waals surface area contributed by atoms with Crippen molar-refractivity contribution in [2.45, 2.75) is 45.1 Å². The zero-order valence-electron chi connectivity index (χ0n) is 18.7. The number of benzene rings is 1. The third-order valence-corrected chi connectivity index (χ3v) is 5.84. The molecule has 168 valence electrons. The van der Waals surface area contributed by atoms with Gasteiger partial charge < -0.3 is 26.0 Å². The molecule has 0 bridgehead atoms. The van der Waals surface area contributed by atoms with Crippen LogP contribution in [0.15, 0.2) is 54.3 Å². The number of anilines is 1. The molecular weight excluding hydrogens is 388 g/mol. The van der Waals surface area contributed by atoms with Crippen LogP contribution in [0.4, 0.5) is 5.69 Å². The number of amides is 1. The Labute approximate surface area is 186 Å². The number of rotatable bonds is 9. The maximum Gasteiger partial charge on any atom is 0.228 e. The van der Waals surface area contributed by atoms with Crippen molar-refractivity contribution >= 4 is 17.3 Å². The molecule has 0 aromatic heterocycles. The van der Waals surface area contributed by atoms with Crippen LogP contribution in [-0.4, -0.2) is 49.7 Å². The van der Waals surface area contributed by atoms with Gasteiger partial charge in [-0.15, -0.1) is 0 Å². The smallest absolute Gasteiger partial charge is 0.228 e. The maximum absolute atomic E-state index is 12.9. The van der Waals surface area contributed by atoms with Gasteiger partial charge in [0.15, 0.2) is 0 Å². The second-order valence-corrected chi connectivity index (χ2v) is 8.27. The third kappa shape index (κ3) is 6.97. The number of nitrogens with two attached hydrogens (primary N) is 1. The number of hydrogen-bond donors (Lipinski definition) is 3. The fourth-order valence-corrected chi connectivity index (χ4v) is 4.15. The molecule has 3 rings (SSSR count). The molecule has 2 saturated heterocycles. The predicted octanol–water partition coefficient (Wildman–Crippen LogP) is 3.64. The molecule has 0 spiro atoms. The van der Waals surface area contributed by atoms with Crippen molar-refractivity contribution in [3.63, 3.8) is 0 Å². The summed E-state index contributed by atoms with van der Waals surface area (Å²) < 4.78 is 6.20. The highest BCUT2D eigenvalue weighted by molar-refractivity contribution is 5.95. The molecule has 2 heterocycles. The molecule has 2 aliphatic heterocycles. The van der Waals surface area contributed by atoms with Gasteiger partial charge in [0.25, 0.3) is 0 Å². The predicted molar refractivity (Wildman–Crippen MR) is 127 cm³/mol. The second kappa shape index (κ2) is 11.7. The fraction of sp³-hybridized carbons (Fsp3) is 0.480. The van der Waals surface area contributed by atoms with Crippen LogP contribution in [0.5, 0.6) is 0 Å². The number of piperidine rings is 1. The lowest BCUT2D eigenvalue weighted by Gasteiger charge is -2.24. The Morgan fingerprint density at radius 2 is 2.00 bits per heavy atom. The highest BCUT2D eigenvalue weighted by atomic mass is 16.5. The van der Waals surface area contributed by atoms with E-state index in [0.717, 1.165) is 50.2 Å². The summed E-state index contributed by atoms with van der Waals surface area (Å²) in [6.45, 7) is 10.4. The van der Waals surface area contributed by atoms with E-state index in [1.54, 1.807) is 0 Å². The lowest BCUT2D eigenvalue weighted by atomic mass is 10.1. The standard InChI is InChI=1S/C25H36N4O2/c1-3-21(29-14-6-7-15-29)16-20(18-31-22-10-12-27-13-11-22)17-25(30)28-24-9-5-4-8-23(24)19(2)26/h3-5,8-9,16,22,27H,2,6-7,10-15,17-18,26H2,1H3,(H,28,30)/b20-16+,21-3+. The first-order valence-electron chi connectivity index (χ1n) is 11.3. The van der Waals surface area contributed by atoms with Crippen LogP contribution in [0.25, 0.3) is 5.70 Å². The minimum atomic E-state index is -0.0780. The number of allylic oxidation sites excluding steroid dienone is 2. The second-order valence-electron chi connectivity index (χ2n) is 8.27. The minimum Gasteiger partial charge on any atom is -0.399 e. The lowest BCUT2D eigenvalue weighted by Crippen LogP contribution is -2.33. The molecule has 0 aliphatic carbocycles. The number of carbonyl (C=O) groups is 1. The molecule has 0 radical (unpaired) electrons. The number of likely N-dealkylation sites (tertiary alicyclic amines) is 1. The van der Waals surface area contributed by atoms with Gasteiger partial charge in [-0.05, 0) is 63.4 Å². The van der Waals surface area contributed by atoms with Crippen molar-refractivity contribution in [1.29, 1.82) is 0 Å². The summed E-state index contributed by atoms with van der Waals surface area (Å²) in [4.78, 5) is 15.3. The summed E-state index contributed by atoms with van der Waals surface area (Å²) in [7, 11) is 0. The summed E-state index contributed by atoms with van der Waals surface area (Å²) >= 11 is 0. The molecule has 0 atom stereocenters. The van der Waals surface area contributed by atoms with Crippen molar-refractivity contribution in [3.8, 4) is 0 Å². The van der Waals surface area contributed by atoms with E-state index in [9.17, 15) is 4.79 Å². The van der Waals surface area contributed by atoms with E-state index >= 15 is 0 Å². The van der Waals surface area contributed by atoms with Gasteiger partial charge in [-0.2, -0.15) is 0 Å². The highest BCUT2D eigenvalue weighted by Crippen LogP contribution is 2.22. The Hall–Kier alpha value is -2.57. The Bertz CT molecular complexity index is 819. The van der Waals surface area contributed by atoms with Crippen LogP contribution >= 0.6 is 0 Å². The number of para-hydroxylation sites is 1. The molecule has 6 heteroatoms. The molecule has 0 saturated carbocycles. The molecule has 4 N–H and O–H groups in total. The molecular formula is C25H36N4O2. The summed E-state index contributed by atoms with van der Waals surface area (Å²) in [5.74, 6) is -0.0780. The molecule has 31 heavy (non-hydrogen) atoms. The van der Waals surface area contributed by atoms with Gasteiger partial charge in [0.05, 0.1) is 24.8 Å². The Morgan fingerprint density at radius 3 is 2.68 bits per heavy atom. The number of nitrogens with one attached hydrogen (secondary N) is 2. The normalized spacial score (nSPS) is 18.3. The summed E-state index contributed by atoms with van der Waals surface area (Å²) in [5.41, 5.74) is 9.91. The lowest BCUT2D eigenvalue weighted by molar-refractivity contribution is -0.115. The van der Waals surface area contributed by atoms with E-state index in [0.29, 0.717) is 18.0 Å². The van der Waals surface area contributed by atoms with Crippen molar-refractivity contribution < 1.29 is 9.53 Å². The van der Waals surface area contributed by atoms with Gasteiger partial charge in [0.1, 0.15) is 0 Å². The Balaban J connectivity index is 1.71. The van der Waals surface area contributed by atoms with E-state index in [1.165, 1.54) is 18.5 Å². The molecule has 2 aliphatic rings. The van der Waals surface area contributed by atoms with Crippen molar-refractivity contribution in [2.24, 2.45) is 5.73 Å². The topological polar surface area (TPSA) is 79.6 Å². The summed E-state index contributed by atoms with van der Waals surface area (Å²) in [6.07, 6.45) is 9.23. The van der Waals surface area contributed by atoms with Gasteiger partial charge >= 0.3 is 0 Å². The van der Waals surface area contributed by atoms with Crippen LogP contribution in [0.2, 0.25) is 0 Å². The van der Waals surface area contributed by atoms with Crippen molar-refractivity contribution in [2.75, 3.05) is 38.1 Å². The van der Waals surface area contributed by atoms with Gasteiger partial charge in [0.2, 0.25) is 5.91 Å². The van der Waals surface area contributed by atoms with Crippen LogP contribution in [-0.2, 0) is 9.53 Å². The summed E-state index contributed by atoms with van der Waals surface area (Å²) in [6, 6.07) is 7.47. The fourth-order valence-electron chi connectivity index (χ4n) is 4.15. The molecule has 6 nitrogen and oxygen atoms in total. The number of hydrogen-bond acceptors (Lipinski definition) is 5. The monoisotopic (exact) mass is 424 g/mol. The van der Waals surface area contributed by atoms with Gasteiger partial charge in [-0.25, -0.2) is 0 Å². The van der Waals surface area contributed by atoms with Crippen molar-refractivity contribution in [3.05, 3.63) is 59.8 Å². The average Bonchev–Trinajstić information content (AvgIpc) is 3.31. The third-order valence-electron chi connectivity index (χ3n) is 5.84. The van der Waals surface area contributed by atoms with E-state index in [4.69, 9.17) is 10.5 Å². The van der Waals surface area contributed by atoms with E-state index in [-0.39, 0.29) is 18.4 Å². The molecule has 1 aromatic rings. The van der Waals surface area contributed by atoms with Gasteiger partial charge in [-0.1, -0.05) is 30.9 Å². The zero-order chi connectivity index (χ0) is 22.1. The number of ether oxygens (including phenoxy) is 1. The first-order chi connectivity index (χ1) is 15.1. The summed E-state index contributed by atoms with van der Waals surface area (Å²) in [5, 5.41) is 6.36. The SMILES string of the molecule is C=C(N)c1ccccc1NC(=O)C/C(=C\C(=C/C)N1CCCC1)COC1CCNCC1. The number of carbonyl (C=O) groups excluding carboxylic acids is 1. The van der Waals surface area contributed by atoms with Gasteiger partial charge in [0, 0.05) is 30.0 Å². The molecule has 1 amide bonds. The average molecular weight is 425 g/mol. The van der Waals surface area contributed by atoms with Crippen LogP contribution < -0.4 is 16.4 Å². The maximum atomic E-state index is 12.9. The quantitative estimate of drug-likeness (QED) is 0.528. The van der Waals surface area contributed by atoms with Crippen LogP contribution in [0.3, 0.4) is 0 Å². The van der Waals surface area contributed by atoms with Crippen molar-refractivity contribution in [1.82, 2.24) is 10.2 Å².